The monoisotopic (exact) mass is 323 g/mol. The number of morpholine rings is 1. The fourth-order valence-corrected chi connectivity index (χ4v) is 2.70. The Morgan fingerprint density at radius 1 is 1.39 bits per heavy atom. The van der Waals surface area contributed by atoms with E-state index in [0.717, 1.165) is 25.2 Å². The van der Waals surface area contributed by atoms with Crippen molar-refractivity contribution in [3.63, 3.8) is 0 Å². The maximum absolute atomic E-state index is 12.8. The molecule has 0 radical (unpaired) electrons. The molecule has 0 spiro atoms. The van der Waals surface area contributed by atoms with Crippen LogP contribution in [0.4, 0.5) is 4.39 Å². The summed E-state index contributed by atoms with van der Waals surface area (Å²) in [5.74, 6) is -0.213. The molecule has 1 aliphatic rings. The van der Waals surface area contributed by atoms with Crippen molar-refractivity contribution in [2.45, 2.75) is 12.5 Å². The smallest absolute Gasteiger partial charge is 0.234 e. The minimum absolute atomic E-state index is 0.0256. The first-order chi connectivity index (χ1) is 11.0. The maximum Gasteiger partial charge on any atom is 0.234 e. The summed E-state index contributed by atoms with van der Waals surface area (Å²) >= 11 is 0. The van der Waals surface area contributed by atoms with Crippen LogP contribution in [-0.2, 0) is 16.0 Å². The van der Waals surface area contributed by atoms with Crippen LogP contribution in [0.15, 0.2) is 24.3 Å². The predicted molar refractivity (Wildman–Crippen MR) is 87.8 cm³/mol. The van der Waals surface area contributed by atoms with E-state index >= 15 is 0 Å². The molecule has 1 unspecified atom stereocenters. The number of benzene rings is 1. The van der Waals surface area contributed by atoms with Crippen LogP contribution in [0.5, 0.6) is 0 Å². The Balaban J connectivity index is 1.66. The second-order valence-corrected chi connectivity index (χ2v) is 6.22. The average molecular weight is 323 g/mol. The summed E-state index contributed by atoms with van der Waals surface area (Å²) in [6, 6.07) is 6.37. The van der Waals surface area contributed by atoms with Crippen LogP contribution in [0.2, 0.25) is 0 Å². The van der Waals surface area contributed by atoms with Crippen LogP contribution in [0, 0.1) is 5.82 Å². The van der Waals surface area contributed by atoms with Crippen molar-refractivity contribution in [3.8, 4) is 0 Å². The fourth-order valence-electron chi connectivity index (χ4n) is 2.70. The maximum atomic E-state index is 12.8. The lowest BCUT2D eigenvalue weighted by atomic mass is 10.1. The number of rotatable bonds is 7. The summed E-state index contributed by atoms with van der Waals surface area (Å²) in [5, 5.41) is 2.92. The van der Waals surface area contributed by atoms with Crippen molar-refractivity contribution in [1.82, 2.24) is 15.1 Å². The first-order valence-corrected chi connectivity index (χ1v) is 8.03. The molecule has 2 rings (SSSR count). The molecule has 6 heteroatoms. The van der Waals surface area contributed by atoms with Gasteiger partial charge in [0.1, 0.15) is 5.82 Å². The number of hydrogen-bond acceptors (Lipinski definition) is 4. The Hall–Kier alpha value is -1.50. The second kappa shape index (κ2) is 8.96. The Morgan fingerprint density at radius 2 is 2.13 bits per heavy atom. The van der Waals surface area contributed by atoms with Crippen LogP contribution in [-0.4, -0.2) is 75.2 Å². The number of amides is 1. The van der Waals surface area contributed by atoms with Gasteiger partial charge in [-0.25, -0.2) is 4.39 Å². The molecule has 1 saturated heterocycles. The van der Waals surface area contributed by atoms with E-state index in [2.05, 4.69) is 15.1 Å². The Bertz CT molecular complexity index is 493. The number of hydrogen-bond donors (Lipinski definition) is 1. The minimum atomic E-state index is -0.239. The molecule has 1 aliphatic heterocycles. The van der Waals surface area contributed by atoms with Crippen molar-refractivity contribution in [2.75, 3.05) is 53.4 Å². The van der Waals surface area contributed by atoms with Gasteiger partial charge in [0.2, 0.25) is 5.91 Å². The van der Waals surface area contributed by atoms with E-state index in [1.165, 1.54) is 12.1 Å². The van der Waals surface area contributed by atoms with Gasteiger partial charge in [-0.1, -0.05) is 12.1 Å². The number of carbonyl (C=O) groups excluding carboxylic acids is 1. The summed E-state index contributed by atoms with van der Waals surface area (Å²) in [4.78, 5) is 16.2. The SMILES string of the molecule is CN(C)CC1CN(CC(=O)NCCc2ccc(F)cc2)CCO1. The zero-order valence-electron chi connectivity index (χ0n) is 13.9. The van der Waals surface area contributed by atoms with Gasteiger partial charge in [-0.15, -0.1) is 0 Å². The van der Waals surface area contributed by atoms with Gasteiger partial charge in [-0.05, 0) is 38.2 Å². The zero-order chi connectivity index (χ0) is 16.7. The lowest BCUT2D eigenvalue weighted by molar-refractivity contribution is -0.124. The molecule has 0 aliphatic carbocycles. The average Bonchev–Trinajstić information content (AvgIpc) is 2.49. The Kier molecular flexibility index (Phi) is 6.95. The van der Waals surface area contributed by atoms with E-state index in [0.29, 0.717) is 26.1 Å². The van der Waals surface area contributed by atoms with Gasteiger partial charge in [0, 0.05) is 26.2 Å². The van der Waals surface area contributed by atoms with Crippen molar-refractivity contribution >= 4 is 5.91 Å². The van der Waals surface area contributed by atoms with Crippen LogP contribution in [0.1, 0.15) is 5.56 Å². The number of likely N-dealkylation sites (N-methyl/N-ethyl adjacent to an activating group) is 1. The van der Waals surface area contributed by atoms with Crippen molar-refractivity contribution in [2.24, 2.45) is 0 Å². The predicted octanol–water partition coefficient (Wildman–Crippen LogP) is 0.747. The van der Waals surface area contributed by atoms with Crippen LogP contribution in [0.25, 0.3) is 0 Å². The lowest BCUT2D eigenvalue weighted by Gasteiger charge is -2.33. The van der Waals surface area contributed by atoms with Gasteiger partial charge >= 0.3 is 0 Å². The third-order valence-corrected chi connectivity index (χ3v) is 3.81. The van der Waals surface area contributed by atoms with E-state index in [4.69, 9.17) is 4.74 Å². The van der Waals surface area contributed by atoms with E-state index in [1.54, 1.807) is 12.1 Å². The summed E-state index contributed by atoms with van der Waals surface area (Å²) in [6.07, 6.45) is 0.865. The Morgan fingerprint density at radius 3 is 2.83 bits per heavy atom. The van der Waals surface area contributed by atoms with Gasteiger partial charge in [0.05, 0.1) is 19.3 Å². The fraction of sp³-hybridized carbons (Fsp3) is 0.588. The molecule has 1 aromatic carbocycles. The van der Waals surface area contributed by atoms with Gasteiger partial charge in [-0.3, -0.25) is 9.69 Å². The highest BCUT2D eigenvalue weighted by Gasteiger charge is 2.22. The van der Waals surface area contributed by atoms with Crippen LogP contribution in [0.3, 0.4) is 0 Å². The molecule has 0 saturated carbocycles. The molecule has 1 atom stereocenters. The van der Waals surface area contributed by atoms with Crippen molar-refractivity contribution < 1.29 is 13.9 Å². The van der Waals surface area contributed by atoms with E-state index in [1.807, 2.05) is 14.1 Å². The summed E-state index contributed by atoms with van der Waals surface area (Å²) in [6.45, 7) is 4.07. The summed E-state index contributed by atoms with van der Waals surface area (Å²) < 4.78 is 18.5. The molecular formula is C17H26FN3O2. The molecule has 1 heterocycles. The summed E-state index contributed by atoms with van der Waals surface area (Å²) in [7, 11) is 4.04. The number of carbonyl (C=O) groups is 1. The normalized spacial score (nSPS) is 19.0. The molecule has 5 nitrogen and oxygen atoms in total. The lowest BCUT2D eigenvalue weighted by Crippen LogP contribution is -2.49. The number of ether oxygens (including phenoxy) is 1. The van der Waals surface area contributed by atoms with Crippen molar-refractivity contribution in [1.29, 1.82) is 0 Å². The standard InChI is InChI=1S/C17H26FN3O2/c1-20(2)11-16-12-21(9-10-23-16)13-17(22)19-8-7-14-3-5-15(18)6-4-14/h3-6,16H,7-13H2,1-2H3,(H,19,22). The van der Waals surface area contributed by atoms with E-state index in [-0.39, 0.29) is 17.8 Å². The highest BCUT2D eigenvalue weighted by atomic mass is 19.1. The second-order valence-electron chi connectivity index (χ2n) is 6.22. The zero-order valence-corrected chi connectivity index (χ0v) is 13.9. The minimum Gasteiger partial charge on any atom is -0.374 e. The van der Waals surface area contributed by atoms with Crippen LogP contribution >= 0.6 is 0 Å². The largest absolute Gasteiger partial charge is 0.374 e. The summed E-state index contributed by atoms with van der Waals surface area (Å²) in [5.41, 5.74) is 1.02. The Labute approximate surface area is 137 Å². The third kappa shape index (κ3) is 6.64. The molecular weight excluding hydrogens is 297 g/mol. The number of halogens is 1. The third-order valence-electron chi connectivity index (χ3n) is 3.81. The van der Waals surface area contributed by atoms with Gasteiger partial charge < -0.3 is 15.0 Å². The van der Waals surface area contributed by atoms with E-state index < -0.39 is 0 Å². The molecule has 128 valence electrons. The van der Waals surface area contributed by atoms with Gasteiger partial charge in [0.15, 0.2) is 0 Å². The van der Waals surface area contributed by atoms with Gasteiger partial charge in [0.25, 0.3) is 0 Å². The van der Waals surface area contributed by atoms with Crippen LogP contribution < -0.4 is 5.32 Å². The molecule has 1 aromatic rings. The van der Waals surface area contributed by atoms with E-state index in [9.17, 15) is 9.18 Å². The molecule has 23 heavy (non-hydrogen) atoms. The number of nitrogens with zero attached hydrogens (tertiary/aromatic N) is 2. The molecule has 1 fully saturated rings. The highest BCUT2D eigenvalue weighted by Crippen LogP contribution is 2.06. The quantitative estimate of drug-likeness (QED) is 0.804. The topological polar surface area (TPSA) is 44.8 Å². The molecule has 0 bridgehead atoms. The molecule has 1 amide bonds. The van der Waals surface area contributed by atoms with Crippen molar-refractivity contribution in [3.05, 3.63) is 35.6 Å². The molecule has 0 aromatic heterocycles. The molecule has 1 N–H and O–H groups in total. The highest BCUT2D eigenvalue weighted by molar-refractivity contribution is 5.78. The number of nitrogens with one attached hydrogen (secondary N) is 1. The van der Waals surface area contributed by atoms with Gasteiger partial charge in [-0.2, -0.15) is 0 Å². The first-order valence-electron chi connectivity index (χ1n) is 8.03. The first kappa shape index (κ1) is 17.8.